The van der Waals surface area contributed by atoms with Crippen molar-refractivity contribution < 1.29 is 32.0 Å². The quantitative estimate of drug-likeness (QED) is 0.843. The molecule has 1 aliphatic heterocycles. The van der Waals surface area contributed by atoms with Crippen LogP contribution in [0, 0.1) is 0 Å². The molecule has 0 unspecified atom stereocenters. The molecule has 11 heteroatoms. The van der Waals surface area contributed by atoms with E-state index in [0.29, 0.717) is 26.3 Å². The maximum atomic E-state index is 12.5. The lowest BCUT2D eigenvalue weighted by atomic mass is 10.1. The summed E-state index contributed by atoms with van der Waals surface area (Å²) in [6, 6.07) is 4.88. The molecule has 1 fully saturated rings. The molecule has 3 rings (SSSR count). The van der Waals surface area contributed by atoms with E-state index in [-0.39, 0.29) is 22.9 Å². The largest absolute Gasteiger partial charge is 0.471 e. The summed E-state index contributed by atoms with van der Waals surface area (Å²) < 4.78 is 46.9. The molecule has 28 heavy (non-hydrogen) atoms. The number of nitrogens with one attached hydrogen (secondary N) is 1. The Balaban J connectivity index is 1.63. The third-order valence-electron chi connectivity index (χ3n) is 4.11. The highest BCUT2D eigenvalue weighted by molar-refractivity contribution is 5.97. The van der Waals surface area contributed by atoms with Crippen LogP contribution >= 0.6 is 0 Å². The van der Waals surface area contributed by atoms with Gasteiger partial charge in [-0.1, -0.05) is 17.3 Å². The fourth-order valence-electron chi connectivity index (χ4n) is 2.63. The van der Waals surface area contributed by atoms with Crippen molar-refractivity contribution >= 4 is 11.8 Å². The average Bonchev–Trinajstić information content (AvgIpc) is 3.19. The van der Waals surface area contributed by atoms with Gasteiger partial charge in [-0.05, 0) is 19.1 Å². The number of ether oxygens (including phenoxy) is 1. The zero-order valence-electron chi connectivity index (χ0n) is 14.8. The molecule has 0 spiro atoms. The fourth-order valence-corrected chi connectivity index (χ4v) is 2.63. The Hall–Kier alpha value is -2.95. The number of aromatic nitrogens is 2. The van der Waals surface area contributed by atoms with E-state index in [1.54, 1.807) is 11.8 Å². The van der Waals surface area contributed by atoms with Crippen molar-refractivity contribution in [1.82, 2.24) is 20.4 Å². The van der Waals surface area contributed by atoms with Crippen molar-refractivity contribution in [3.63, 3.8) is 0 Å². The van der Waals surface area contributed by atoms with Crippen molar-refractivity contribution in [2.75, 3.05) is 26.3 Å². The van der Waals surface area contributed by atoms with E-state index < -0.39 is 24.0 Å². The lowest BCUT2D eigenvalue weighted by molar-refractivity contribution is -0.159. The fraction of sp³-hybridized carbons (Fsp3) is 0.412. The Morgan fingerprint density at radius 3 is 2.39 bits per heavy atom. The van der Waals surface area contributed by atoms with E-state index in [0.717, 1.165) is 0 Å². The summed E-state index contributed by atoms with van der Waals surface area (Å²) in [5.41, 5.74) is 0.498. The number of morpholine rings is 1. The number of carbonyl (C=O) groups excluding carboxylic acids is 2. The maximum absolute atomic E-state index is 12.5. The molecule has 0 bridgehead atoms. The minimum absolute atomic E-state index is 0.209. The number of nitrogens with zero attached hydrogens (tertiary/aromatic N) is 3. The van der Waals surface area contributed by atoms with Crippen molar-refractivity contribution in [3.05, 3.63) is 35.7 Å². The van der Waals surface area contributed by atoms with Gasteiger partial charge in [0.15, 0.2) is 0 Å². The number of halogens is 3. The molecule has 2 amide bonds. The third-order valence-corrected chi connectivity index (χ3v) is 4.11. The average molecular weight is 398 g/mol. The molecular weight excluding hydrogens is 381 g/mol. The summed E-state index contributed by atoms with van der Waals surface area (Å²) in [7, 11) is 0. The Kier molecular flexibility index (Phi) is 5.63. The van der Waals surface area contributed by atoms with Crippen LogP contribution in [0.25, 0.3) is 11.4 Å². The number of benzene rings is 1. The Bertz CT molecular complexity index is 845. The molecule has 0 radical (unpaired) electrons. The minimum atomic E-state index is -4.73. The van der Waals surface area contributed by atoms with Crippen LogP contribution in [0.1, 0.15) is 23.2 Å². The van der Waals surface area contributed by atoms with Gasteiger partial charge in [0.1, 0.15) is 6.04 Å². The highest BCUT2D eigenvalue weighted by Crippen LogP contribution is 2.29. The molecule has 1 aliphatic rings. The van der Waals surface area contributed by atoms with Gasteiger partial charge in [0, 0.05) is 24.2 Å². The summed E-state index contributed by atoms with van der Waals surface area (Å²) in [6.07, 6.45) is -4.73. The third kappa shape index (κ3) is 4.47. The molecule has 0 aliphatic carbocycles. The molecule has 0 saturated carbocycles. The number of hydrogen-bond donors (Lipinski definition) is 1. The maximum Gasteiger partial charge on any atom is 0.471 e. The summed E-state index contributed by atoms with van der Waals surface area (Å²) in [5, 5.41) is 5.89. The standard InChI is InChI=1S/C17H17F3N4O4/c1-10(15(26)24-6-8-27-9-7-24)21-14(25)12-4-2-11(3-5-12)13-22-16(28-23-13)17(18,19)20/h2-5,10H,6-9H2,1H3,(H,21,25)/t10-/m1/s1. The van der Waals surface area contributed by atoms with Gasteiger partial charge < -0.3 is 19.5 Å². The van der Waals surface area contributed by atoms with E-state index in [9.17, 15) is 22.8 Å². The van der Waals surface area contributed by atoms with Crippen LogP contribution < -0.4 is 5.32 Å². The van der Waals surface area contributed by atoms with Crippen LogP contribution in [0.2, 0.25) is 0 Å². The molecule has 2 heterocycles. The van der Waals surface area contributed by atoms with Crippen LogP contribution in [0.3, 0.4) is 0 Å². The number of hydrogen-bond acceptors (Lipinski definition) is 6. The highest BCUT2D eigenvalue weighted by atomic mass is 19.4. The van der Waals surface area contributed by atoms with Crippen LogP contribution in [0.4, 0.5) is 13.2 Å². The normalized spacial score (nSPS) is 15.9. The molecule has 2 aromatic rings. The monoisotopic (exact) mass is 398 g/mol. The SMILES string of the molecule is C[C@@H](NC(=O)c1ccc(-c2noc(C(F)(F)F)n2)cc1)C(=O)N1CCOCC1. The van der Waals surface area contributed by atoms with Crippen molar-refractivity contribution in [2.45, 2.75) is 19.1 Å². The molecule has 150 valence electrons. The second kappa shape index (κ2) is 7.97. The lowest BCUT2D eigenvalue weighted by Gasteiger charge is -2.29. The van der Waals surface area contributed by atoms with Gasteiger partial charge in [-0.3, -0.25) is 9.59 Å². The van der Waals surface area contributed by atoms with Gasteiger partial charge >= 0.3 is 12.1 Å². The molecule has 1 atom stereocenters. The van der Waals surface area contributed by atoms with Gasteiger partial charge in [0.05, 0.1) is 13.2 Å². The van der Waals surface area contributed by atoms with Crippen LogP contribution in [0.15, 0.2) is 28.8 Å². The topological polar surface area (TPSA) is 97.6 Å². The van der Waals surface area contributed by atoms with Crippen molar-refractivity contribution in [3.8, 4) is 11.4 Å². The Morgan fingerprint density at radius 1 is 1.18 bits per heavy atom. The van der Waals surface area contributed by atoms with Crippen LogP contribution in [-0.4, -0.2) is 59.2 Å². The predicted octanol–water partition coefficient (Wildman–Crippen LogP) is 1.73. The Labute approximate surface area is 157 Å². The second-order valence-electron chi connectivity index (χ2n) is 6.13. The van der Waals surface area contributed by atoms with Crippen LogP contribution in [-0.2, 0) is 15.7 Å². The first kappa shape index (κ1) is 19.8. The predicted molar refractivity (Wildman–Crippen MR) is 89.1 cm³/mol. The Morgan fingerprint density at radius 2 is 1.82 bits per heavy atom. The zero-order chi connectivity index (χ0) is 20.3. The molecule has 1 N–H and O–H groups in total. The van der Waals surface area contributed by atoms with Crippen molar-refractivity contribution in [2.24, 2.45) is 0 Å². The zero-order valence-corrected chi connectivity index (χ0v) is 14.8. The molecule has 1 saturated heterocycles. The van der Waals surface area contributed by atoms with Gasteiger partial charge in [0.25, 0.3) is 5.91 Å². The highest BCUT2D eigenvalue weighted by Gasteiger charge is 2.38. The molecule has 1 aromatic carbocycles. The number of amides is 2. The van der Waals surface area contributed by atoms with Gasteiger partial charge in [0.2, 0.25) is 11.7 Å². The van der Waals surface area contributed by atoms with Gasteiger partial charge in [-0.2, -0.15) is 18.2 Å². The van der Waals surface area contributed by atoms with Gasteiger partial charge in [-0.25, -0.2) is 0 Å². The summed E-state index contributed by atoms with van der Waals surface area (Å²) >= 11 is 0. The van der Waals surface area contributed by atoms with E-state index in [1.165, 1.54) is 24.3 Å². The number of rotatable bonds is 4. The molecular formula is C17H17F3N4O4. The first-order valence-electron chi connectivity index (χ1n) is 8.44. The molecule has 1 aromatic heterocycles. The van der Waals surface area contributed by atoms with E-state index in [4.69, 9.17) is 4.74 Å². The summed E-state index contributed by atoms with van der Waals surface area (Å²) in [6.45, 7) is 3.44. The first-order valence-corrected chi connectivity index (χ1v) is 8.44. The summed E-state index contributed by atoms with van der Waals surface area (Å²) in [5.74, 6) is -2.38. The van der Waals surface area contributed by atoms with E-state index in [1.807, 2.05) is 0 Å². The smallest absolute Gasteiger partial charge is 0.378 e. The number of carbonyl (C=O) groups is 2. The summed E-state index contributed by atoms with van der Waals surface area (Å²) in [4.78, 5) is 29.5. The molecule has 8 nitrogen and oxygen atoms in total. The van der Waals surface area contributed by atoms with Crippen molar-refractivity contribution in [1.29, 1.82) is 0 Å². The van der Waals surface area contributed by atoms with E-state index >= 15 is 0 Å². The lowest BCUT2D eigenvalue weighted by Crippen LogP contribution is -2.50. The van der Waals surface area contributed by atoms with E-state index in [2.05, 4.69) is 20.0 Å². The first-order chi connectivity index (χ1) is 13.3. The minimum Gasteiger partial charge on any atom is -0.378 e. The second-order valence-corrected chi connectivity index (χ2v) is 6.13. The number of alkyl halides is 3. The van der Waals surface area contributed by atoms with Crippen LogP contribution in [0.5, 0.6) is 0 Å². The van der Waals surface area contributed by atoms with Gasteiger partial charge in [-0.15, -0.1) is 0 Å².